The average molecular weight is 272 g/mol. The van der Waals surface area contributed by atoms with Gasteiger partial charge in [0.15, 0.2) is 0 Å². The number of aryl methyl sites for hydroxylation is 1. The standard InChI is InChI=1S/C10H10BrNO3/c1-6-3-10(12(14)15)8(4-7(2)13)5-9(6)11/h3,5H,4H2,1-2H3. The molecule has 1 rings (SSSR count). The van der Waals surface area contributed by atoms with Crippen molar-refractivity contribution in [3.63, 3.8) is 0 Å². The molecule has 5 heteroatoms. The lowest BCUT2D eigenvalue weighted by atomic mass is 10.1. The van der Waals surface area contributed by atoms with Crippen LogP contribution in [0.4, 0.5) is 5.69 Å². The Hall–Kier alpha value is -1.23. The van der Waals surface area contributed by atoms with E-state index in [2.05, 4.69) is 15.9 Å². The Labute approximate surface area is 95.6 Å². The van der Waals surface area contributed by atoms with Crippen LogP contribution in [0.25, 0.3) is 0 Å². The van der Waals surface area contributed by atoms with E-state index >= 15 is 0 Å². The first-order chi connectivity index (χ1) is 6.91. The van der Waals surface area contributed by atoms with Crippen molar-refractivity contribution in [2.24, 2.45) is 0 Å². The van der Waals surface area contributed by atoms with Gasteiger partial charge < -0.3 is 0 Å². The second-order valence-corrected chi connectivity index (χ2v) is 4.22. The van der Waals surface area contributed by atoms with Crippen LogP contribution < -0.4 is 0 Å². The van der Waals surface area contributed by atoms with Crippen molar-refractivity contribution in [2.45, 2.75) is 20.3 Å². The molecule has 0 aliphatic carbocycles. The number of nitrogens with zero attached hydrogens (tertiary/aromatic N) is 1. The van der Waals surface area contributed by atoms with E-state index in [0.29, 0.717) is 5.56 Å². The molecule has 0 aliphatic heterocycles. The lowest BCUT2D eigenvalue weighted by Crippen LogP contribution is -2.02. The monoisotopic (exact) mass is 271 g/mol. The van der Waals surface area contributed by atoms with Gasteiger partial charge in [0.25, 0.3) is 5.69 Å². The first kappa shape index (κ1) is 11.8. The zero-order valence-electron chi connectivity index (χ0n) is 8.41. The van der Waals surface area contributed by atoms with Crippen LogP contribution in [0.15, 0.2) is 16.6 Å². The Morgan fingerprint density at radius 1 is 1.53 bits per heavy atom. The molecule has 15 heavy (non-hydrogen) atoms. The van der Waals surface area contributed by atoms with Crippen LogP contribution in [0.3, 0.4) is 0 Å². The van der Waals surface area contributed by atoms with E-state index in [-0.39, 0.29) is 17.9 Å². The molecule has 0 N–H and O–H groups in total. The van der Waals surface area contributed by atoms with Gasteiger partial charge in [-0.25, -0.2) is 0 Å². The van der Waals surface area contributed by atoms with Gasteiger partial charge in [0, 0.05) is 22.5 Å². The molecule has 0 saturated heterocycles. The summed E-state index contributed by atoms with van der Waals surface area (Å²) < 4.78 is 0.782. The minimum atomic E-state index is -0.461. The van der Waals surface area contributed by atoms with Gasteiger partial charge in [-0.2, -0.15) is 0 Å². The molecule has 4 nitrogen and oxygen atoms in total. The minimum Gasteiger partial charge on any atom is -0.300 e. The third-order valence-electron chi connectivity index (χ3n) is 2.00. The highest BCUT2D eigenvalue weighted by Gasteiger charge is 2.16. The van der Waals surface area contributed by atoms with Gasteiger partial charge in [-0.15, -0.1) is 0 Å². The van der Waals surface area contributed by atoms with E-state index < -0.39 is 4.92 Å². The zero-order chi connectivity index (χ0) is 11.6. The molecule has 0 aliphatic rings. The first-order valence-electron chi connectivity index (χ1n) is 4.34. The maximum Gasteiger partial charge on any atom is 0.273 e. The quantitative estimate of drug-likeness (QED) is 0.627. The Morgan fingerprint density at radius 2 is 2.13 bits per heavy atom. The van der Waals surface area contributed by atoms with Gasteiger partial charge in [-0.1, -0.05) is 15.9 Å². The largest absolute Gasteiger partial charge is 0.300 e. The van der Waals surface area contributed by atoms with Crippen LogP contribution in [0.2, 0.25) is 0 Å². The number of benzene rings is 1. The predicted octanol–water partition coefficient (Wildman–Crippen LogP) is 2.80. The number of ketones is 1. The summed E-state index contributed by atoms with van der Waals surface area (Å²) in [5.41, 5.74) is 1.24. The van der Waals surface area contributed by atoms with E-state index in [1.807, 2.05) is 0 Å². The van der Waals surface area contributed by atoms with E-state index in [1.165, 1.54) is 13.0 Å². The number of carbonyl (C=O) groups excluding carboxylic acids is 1. The smallest absolute Gasteiger partial charge is 0.273 e. The summed E-state index contributed by atoms with van der Waals surface area (Å²) in [6, 6.07) is 3.11. The van der Waals surface area contributed by atoms with Crippen molar-refractivity contribution < 1.29 is 9.72 Å². The number of hydrogen-bond acceptors (Lipinski definition) is 3. The van der Waals surface area contributed by atoms with Crippen molar-refractivity contribution in [2.75, 3.05) is 0 Å². The van der Waals surface area contributed by atoms with E-state index in [9.17, 15) is 14.9 Å². The number of rotatable bonds is 3. The number of Topliss-reactive ketones (excluding diaryl/α,β-unsaturated/α-hetero) is 1. The third kappa shape index (κ3) is 2.86. The van der Waals surface area contributed by atoms with Crippen molar-refractivity contribution >= 4 is 27.4 Å². The molecule has 0 atom stereocenters. The number of nitro benzene ring substituents is 1. The number of hydrogen-bond donors (Lipinski definition) is 0. The maximum absolute atomic E-state index is 10.9. The van der Waals surface area contributed by atoms with Crippen molar-refractivity contribution in [1.29, 1.82) is 0 Å². The van der Waals surface area contributed by atoms with Crippen LogP contribution in [0.5, 0.6) is 0 Å². The first-order valence-corrected chi connectivity index (χ1v) is 5.14. The highest BCUT2D eigenvalue weighted by atomic mass is 79.9. The van der Waals surface area contributed by atoms with Crippen molar-refractivity contribution in [3.05, 3.63) is 37.8 Å². The molecule has 0 amide bonds. The highest BCUT2D eigenvalue weighted by molar-refractivity contribution is 9.10. The Balaban J connectivity index is 3.28. The Kier molecular flexibility index (Phi) is 3.57. The molecule has 1 aromatic carbocycles. The van der Waals surface area contributed by atoms with E-state index in [0.717, 1.165) is 10.0 Å². The summed E-state index contributed by atoms with van der Waals surface area (Å²) in [5.74, 6) is -0.0890. The van der Waals surface area contributed by atoms with Gasteiger partial charge in [0.2, 0.25) is 0 Å². The summed E-state index contributed by atoms with van der Waals surface area (Å²) in [4.78, 5) is 21.2. The highest BCUT2D eigenvalue weighted by Crippen LogP contribution is 2.27. The second-order valence-electron chi connectivity index (χ2n) is 3.37. The lowest BCUT2D eigenvalue weighted by Gasteiger charge is -2.04. The fourth-order valence-corrected chi connectivity index (χ4v) is 1.68. The van der Waals surface area contributed by atoms with Crippen LogP contribution in [0.1, 0.15) is 18.1 Å². The third-order valence-corrected chi connectivity index (χ3v) is 2.85. The molecule has 0 bridgehead atoms. The van der Waals surface area contributed by atoms with Crippen LogP contribution in [-0.4, -0.2) is 10.7 Å². The summed E-state index contributed by atoms with van der Waals surface area (Å²) in [6.07, 6.45) is 0.0925. The normalized spacial score (nSPS) is 10.1. The molecule has 1 aromatic rings. The van der Waals surface area contributed by atoms with E-state index in [1.54, 1.807) is 13.0 Å². The average Bonchev–Trinajstić information content (AvgIpc) is 2.09. The fourth-order valence-electron chi connectivity index (χ4n) is 1.29. The Morgan fingerprint density at radius 3 is 2.60 bits per heavy atom. The second kappa shape index (κ2) is 4.53. The van der Waals surface area contributed by atoms with Crippen LogP contribution in [0, 0.1) is 17.0 Å². The van der Waals surface area contributed by atoms with Gasteiger partial charge in [-0.3, -0.25) is 14.9 Å². The molecule has 0 unspecified atom stereocenters. The van der Waals surface area contributed by atoms with Gasteiger partial charge in [-0.05, 0) is 25.5 Å². The van der Waals surface area contributed by atoms with Crippen LogP contribution >= 0.6 is 15.9 Å². The summed E-state index contributed by atoms with van der Waals surface area (Å²) in [6.45, 7) is 3.19. The predicted molar refractivity (Wildman–Crippen MR) is 59.9 cm³/mol. The van der Waals surface area contributed by atoms with Gasteiger partial charge in [0.05, 0.1) is 4.92 Å². The summed E-state index contributed by atoms with van der Waals surface area (Å²) in [5, 5.41) is 10.7. The molecular formula is C10H10BrNO3. The molecule has 0 saturated carbocycles. The molecule has 0 aromatic heterocycles. The van der Waals surface area contributed by atoms with E-state index in [4.69, 9.17) is 0 Å². The number of carbonyl (C=O) groups is 1. The number of halogens is 1. The van der Waals surface area contributed by atoms with Crippen molar-refractivity contribution in [3.8, 4) is 0 Å². The molecule has 0 radical (unpaired) electrons. The fraction of sp³-hybridized carbons (Fsp3) is 0.300. The molecule has 0 spiro atoms. The number of nitro groups is 1. The van der Waals surface area contributed by atoms with Gasteiger partial charge in [0.1, 0.15) is 5.78 Å². The van der Waals surface area contributed by atoms with Gasteiger partial charge >= 0.3 is 0 Å². The summed E-state index contributed by atoms with van der Waals surface area (Å²) in [7, 11) is 0. The SMILES string of the molecule is CC(=O)Cc1cc(Br)c(C)cc1[N+](=O)[O-]. The van der Waals surface area contributed by atoms with Crippen molar-refractivity contribution in [1.82, 2.24) is 0 Å². The minimum absolute atomic E-state index is 0.00546. The molecular weight excluding hydrogens is 262 g/mol. The Bertz CT molecular complexity index is 429. The summed E-state index contributed by atoms with van der Waals surface area (Å²) >= 11 is 3.29. The van der Waals surface area contributed by atoms with Crippen LogP contribution in [-0.2, 0) is 11.2 Å². The molecule has 80 valence electrons. The molecule has 0 heterocycles. The topological polar surface area (TPSA) is 60.2 Å². The maximum atomic E-state index is 10.9. The molecule has 0 fully saturated rings. The zero-order valence-corrected chi connectivity index (χ0v) is 10.00. The lowest BCUT2D eigenvalue weighted by molar-refractivity contribution is -0.385.